The molecule has 1 aromatic rings. The van der Waals surface area contributed by atoms with Gasteiger partial charge < -0.3 is 10.5 Å². The van der Waals surface area contributed by atoms with Gasteiger partial charge in [0.2, 0.25) is 0 Å². The van der Waals surface area contributed by atoms with Crippen molar-refractivity contribution >= 4 is 0 Å². The maximum Gasteiger partial charge on any atom is 0.119 e. The second-order valence-corrected chi connectivity index (χ2v) is 6.29. The van der Waals surface area contributed by atoms with E-state index in [0.717, 1.165) is 25.0 Å². The fourth-order valence-electron chi connectivity index (χ4n) is 2.20. The summed E-state index contributed by atoms with van der Waals surface area (Å²) in [4.78, 5) is 0. The van der Waals surface area contributed by atoms with E-state index in [1.807, 2.05) is 0 Å². The standard InChI is InChI=1S/C17H29NO/c1-6-8-15(18)16(7-2)19-14-11-9-13(10-12-14)17(3,4)5/h9-12,15-16H,6-8,18H2,1-5H3. The van der Waals surface area contributed by atoms with Gasteiger partial charge in [-0.15, -0.1) is 0 Å². The Morgan fingerprint density at radius 1 is 1.11 bits per heavy atom. The molecule has 0 saturated heterocycles. The zero-order chi connectivity index (χ0) is 14.5. The molecule has 2 atom stereocenters. The maximum absolute atomic E-state index is 6.16. The lowest BCUT2D eigenvalue weighted by Crippen LogP contribution is -2.38. The Morgan fingerprint density at radius 3 is 2.11 bits per heavy atom. The predicted molar refractivity (Wildman–Crippen MR) is 82.7 cm³/mol. The lowest BCUT2D eigenvalue weighted by molar-refractivity contribution is 0.161. The zero-order valence-electron chi connectivity index (χ0n) is 13.1. The average Bonchev–Trinajstić information content (AvgIpc) is 2.35. The van der Waals surface area contributed by atoms with E-state index in [0.29, 0.717) is 0 Å². The molecule has 0 spiro atoms. The van der Waals surface area contributed by atoms with Crippen LogP contribution in [0, 0.1) is 0 Å². The SMILES string of the molecule is CCCC(N)C(CC)Oc1ccc(C(C)(C)C)cc1. The highest BCUT2D eigenvalue weighted by molar-refractivity contribution is 5.31. The molecular formula is C17H29NO. The number of hydrogen-bond donors (Lipinski definition) is 1. The van der Waals surface area contributed by atoms with Gasteiger partial charge in [-0.25, -0.2) is 0 Å². The first-order valence-electron chi connectivity index (χ1n) is 7.41. The molecule has 0 saturated carbocycles. The van der Waals surface area contributed by atoms with E-state index in [2.05, 4.69) is 58.9 Å². The molecule has 0 heterocycles. The molecule has 2 N–H and O–H groups in total. The fourth-order valence-corrected chi connectivity index (χ4v) is 2.20. The Labute approximate surface area is 118 Å². The fraction of sp³-hybridized carbons (Fsp3) is 0.647. The van der Waals surface area contributed by atoms with Gasteiger partial charge in [-0.1, -0.05) is 53.2 Å². The molecule has 0 radical (unpaired) electrons. The number of ether oxygens (including phenoxy) is 1. The van der Waals surface area contributed by atoms with Crippen LogP contribution in [0.1, 0.15) is 59.4 Å². The highest BCUT2D eigenvalue weighted by Gasteiger charge is 2.18. The largest absolute Gasteiger partial charge is 0.489 e. The minimum absolute atomic E-state index is 0.112. The van der Waals surface area contributed by atoms with Crippen LogP contribution in [0.5, 0.6) is 5.75 Å². The smallest absolute Gasteiger partial charge is 0.119 e. The summed E-state index contributed by atoms with van der Waals surface area (Å²) in [6.45, 7) is 10.9. The molecule has 19 heavy (non-hydrogen) atoms. The molecule has 0 amide bonds. The van der Waals surface area contributed by atoms with Crippen molar-refractivity contribution in [2.45, 2.75) is 71.4 Å². The van der Waals surface area contributed by atoms with E-state index < -0.39 is 0 Å². The summed E-state index contributed by atoms with van der Waals surface area (Å²) in [6.07, 6.45) is 3.17. The highest BCUT2D eigenvalue weighted by atomic mass is 16.5. The van der Waals surface area contributed by atoms with Crippen molar-refractivity contribution in [3.8, 4) is 5.75 Å². The van der Waals surface area contributed by atoms with E-state index in [9.17, 15) is 0 Å². The lowest BCUT2D eigenvalue weighted by Gasteiger charge is -2.24. The van der Waals surface area contributed by atoms with Crippen LogP contribution in [0.4, 0.5) is 0 Å². The van der Waals surface area contributed by atoms with Gasteiger partial charge in [0.15, 0.2) is 0 Å². The molecule has 0 aliphatic rings. The van der Waals surface area contributed by atoms with E-state index in [1.54, 1.807) is 0 Å². The second-order valence-electron chi connectivity index (χ2n) is 6.29. The third kappa shape index (κ3) is 4.87. The molecule has 1 aromatic carbocycles. The Balaban J connectivity index is 2.71. The van der Waals surface area contributed by atoms with Crippen molar-refractivity contribution in [2.75, 3.05) is 0 Å². The van der Waals surface area contributed by atoms with Gasteiger partial charge in [-0.2, -0.15) is 0 Å². The summed E-state index contributed by atoms with van der Waals surface area (Å²) in [5.41, 5.74) is 7.67. The van der Waals surface area contributed by atoms with Gasteiger partial charge >= 0.3 is 0 Å². The Bertz CT molecular complexity index is 364. The molecule has 0 fully saturated rings. The van der Waals surface area contributed by atoms with Gasteiger partial charge in [0.1, 0.15) is 11.9 Å². The summed E-state index contributed by atoms with van der Waals surface area (Å²) in [5, 5.41) is 0. The van der Waals surface area contributed by atoms with Crippen LogP contribution in [0.15, 0.2) is 24.3 Å². The summed E-state index contributed by atoms with van der Waals surface area (Å²) >= 11 is 0. The van der Waals surface area contributed by atoms with E-state index in [1.165, 1.54) is 5.56 Å². The Morgan fingerprint density at radius 2 is 1.68 bits per heavy atom. The molecule has 2 unspecified atom stereocenters. The first kappa shape index (κ1) is 16.0. The van der Waals surface area contributed by atoms with Crippen LogP contribution < -0.4 is 10.5 Å². The first-order valence-corrected chi connectivity index (χ1v) is 7.41. The highest BCUT2D eigenvalue weighted by Crippen LogP contribution is 2.25. The summed E-state index contributed by atoms with van der Waals surface area (Å²) in [7, 11) is 0. The molecule has 1 rings (SSSR count). The number of benzene rings is 1. The Hall–Kier alpha value is -1.02. The first-order chi connectivity index (χ1) is 8.88. The van der Waals surface area contributed by atoms with Gasteiger partial charge in [0.05, 0.1) is 0 Å². The van der Waals surface area contributed by atoms with Crippen LogP contribution in [0.3, 0.4) is 0 Å². The van der Waals surface area contributed by atoms with Crippen LogP contribution in [0.2, 0.25) is 0 Å². The molecule has 0 aliphatic heterocycles. The summed E-state index contributed by atoms with van der Waals surface area (Å²) in [5.74, 6) is 0.923. The topological polar surface area (TPSA) is 35.2 Å². The van der Waals surface area contributed by atoms with Crippen molar-refractivity contribution in [3.05, 3.63) is 29.8 Å². The van der Waals surface area contributed by atoms with Gasteiger partial charge in [-0.3, -0.25) is 0 Å². The molecular weight excluding hydrogens is 234 g/mol. The predicted octanol–water partition coefficient (Wildman–Crippen LogP) is 4.27. The van der Waals surface area contributed by atoms with E-state index in [-0.39, 0.29) is 17.6 Å². The molecule has 0 bridgehead atoms. The lowest BCUT2D eigenvalue weighted by atomic mass is 9.87. The van der Waals surface area contributed by atoms with Crippen molar-refractivity contribution in [1.29, 1.82) is 0 Å². The normalized spacial score (nSPS) is 15.1. The van der Waals surface area contributed by atoms with Crippen molar-refractivity contribution < 1.29 is 4.74 Å². The van der Waals surface area contributed by atoms with Crippen LogP contribution >= 0.6 is 0 Å². The summed E-state index contributed by atoms with van der Waals surface area (Å²) in [6, 6.07) is 8.53. The van der Waals surface area contributed by atoms with Crippen LogP contribution in [-0.4, -0.2) is 12.1 Å². The van der Waals surface area contributed by atoms with E-state index in [4.69, 9.17) is 10.5 Å². The molecule has 0 aromatic heterocycles. The minimum atomic E-state index is 0.112. The molecule has 108 valence electrons. The maximum atomic E-state index is 6.16. The number of rotatable bonds is 6. The van der Waals surface area contributed by atoms with E-state index >= 15 is 0 Å². The van der Waals surface area contributed by atoms with Gasteiger partial charge in [0, 0.05) is 6.04 Å². The quantitative estimate of drug-likeness (QED) is 0.832. The average molecular weight is 263 g/mol. The number of nitrogens with two attached hydrogens (primary N) is 1. The number of hydrogen-bond acceptors (Lipinski definition) is 2. The zero-order valence-corrected chi connectivity index (χ0v) is 13.1. The molecule has 2 heteroatoms. The van der Waals surface area contributed by atoms with Crippen molar-refractivity contribution in [3.63, 3.8) is 0 Å². The van der Waals surface area contributed by atoms with Crippen molar-refractivity contribution in [1.82, 2.24) is 0 Å². The van der Waals surface area contributed by atoms with Gasteiger partial charge in [-0.05, 0) is 36.0 Å². The van der Waals surface area contributed by atoms with Crippen LogP contribution in [0.25, 0.3) is 0 Å². The third-order valence-corrected chi connectivity index (χ3v) is 3.51. The third-order valence-electron chi connectivity index (χ3n) is 3.51. The Kier molecular flexibility index (Phi) is 5.86. The summed E-state index contributed by atoms with van der Waals surface area (Å²) < 4.78 is 6.02. The molecule has 2 nitrogen and oxygen atoms in total. The second kappa shape index (κ2) is 6.95. The minimum Gasteiger partial charge on any atom is -0.489 e. The van der Waals surface area contributed by atoms with Crippen molar-refractivity contribution in [2.24, 2.45) is 5.73 Å². The van der Waals surface area contributed by atoms with Crippen LogP contribution in [-0.2, 0) is 5.41 Å². The van der Waals surface area contributed by atoms with Gasteiger partial charge in [0.25, 0.3) is 0 Å². The monoisotopic (exact) mass is 263 g/mol. The molecule has 0 aliphatic carbocycles.